The number of non-ortho nitro benzene ring substituents is 1. The first-order chi connectivity index (χ1) is 17.4. The summed E-state index contributed by atoms with van der Waals surface area (Å²) in [6.45, 7) is 3.73. The van der Waals surface area contributed by atoms with Gasteiger partial charge >= 0.3 is 5.97 Å². The molecule has 0 spiro atoms. The zero-order valence-corrected chi connectivity index (χ0v) is 20.7. The van der Waals surface area contributed by atoms with Gasteiger partial charge in [0, 0.05) is 30.6 Å². The van der Waals surface area contributed by atoms with E-state index in [2.05, 4.69) is 10.3 Å². The second-order valence-electron chi connectivity index (χ2n) is 8.18. The molecule has 3 heterocycles. The van der Waals surface area contributed by atoms with Crippen molar-refractivity contribution in [3.8, 4) is 0 Å². The van der Waals surface area contributed by atoms with Crippen LogP contribution in [0.25, 0.3) is 11.0 Å². The standard InChI is InChI=1S/C24H23N7O4S/c1-4-35-22(32)19-14(2)25-23-27-24(36-13-15-8-6-5-7-9-15)28-30(23)20(19)21-26-17-11-10-16(31(33)34)12-18(17)29(21)3/h5-12,20H,4,13H2,1-3H3,(H,25,27,28). The van der Waals surface area contributed by atoms with Crippen LogP contribution >= 0.6 is 11.8 Å². The Morgan fingerprint density at radius 1 is 1.22 bits per heavy atom. The Bertz CT molecular complexity index is 1510. The van der Waals surface area contributed by atoms with E-state index in [1.54, 1.807) is 36.2 Å². The summed E-state index contributed by atoms with van der Waals surface area (Å²) >= 11 is 1.48. The fourth-order valence-electron chi connectivity index (χ4n) is 4.18. The van der Waals surface area contributed by atoms with Gasteiger partial charge in [-0.15, -0.1) is 5.10 Å². The number of carbonyl (C=O) groups is 1. The Kier molecular flexibility index (Phi) is 6.18. The molecule has 0 radical (unpaired) electrons. The second kappa shape index (κ2) is 9.46. The molecule has 1 aliphatic heterocycles. The summed E-state index contributed by atoms with van der Waals surface area (Å²) in [6, 6.07) is 13.7. The lowest BCUT2D eigenvalue weighted by molar-refractivity contribution is -0.384. The predicted octanol–water partition coefficient (Wildman–Crippen LogP) is 4.22. The number of nitrogens with zero attached hydrogens (tertiary/aromatic N) is 6. The number of benzene rings is 2. The van der Waals surface area contributed by atoms with Crippen molar-refractivity contribution in [3.63, 3.8) is 0 Å². The molecule has 0 amide bonds. The third kappa shape index (κ3) is 4.19. The number of nitrogens with one attached hydrogen (secondary N) is 1. The molecule has 1 atom stereocenters. The van der Waals surface area contributed by atoms with Crippen LogP contribution in [0.3, 0.4) is 0 Å². The highest BCUT2D eigenvalue weighted by Gasteiger charge is 2.38. The molecule has 12 heteroatoms. The molecule has 0 bridgehead atoms. The molecular formula is C24H23N7O4S. The number of nitro benzene ring substituents is 1. The number of esters is 1. The number of aryl methyl sites for hydroxylation is 1. The van der Waals surface area contributed by atoms with Gasteiger partial charge in [-0.1, -0.05) is 42.1 Å². The Labute approximate surface area is 210 Å². The third-order valence-corrected chi connectivity index (χ3v) is 6.80. The largest absolute Gasteiger partial charge is 0.463 e. The summed E-state index contributed by atoms with van der Waals surface area (Å²) in [5, 5.41) is 19.7. The van der Waals surface area contributed by atoms with Gasteiger partial charge in [0.2, 0.25) is 11.1 Å². The molecular weight excluding hydrogens is 482 g/mol. The fraction of sp³-hybridized carbons (Fsp3) is 0.250. The van der Waals surface area contributed by atoms with Crippen LogP contribution in [-0.4, -0.2) is 41.8 Å². The number of hydrogen-bond acceptors (Lipinski definition) is 9. The van der Waals surface area contributed by atoms with Gasteiger partial charge in [0.15, 0.2) is 0 Å². The number of ether oxygens (including phenoxy) is 1. The summed E-state index contributed by atoms with van der Waals surface area (Å²) in [7, 11) is 1.76. The maximum atomic E-state index is 13.1. The highest BCUT2D eigenvalue weighted by atomic mass is 32.2. The van der Waals surface area contributed by atoms with E-state index in [0.29, 0.717) is 45.0 Å². The van der Waals surface area contributed by atoms with Gasteiger partial charge < -0.3 is 14.6 Å². The first-order valence-corrected chi connectivity index (χ1v) is 12.2. The van der Waals surface area contributed by atoms with E-state index in [1.807, 2.05) is 30.3 Å². The number of aromatic nitrogens is 5. The van der Waals surface area contributed by atoms with Crippen molar-refractivity contribution < 1.29 is 14.5 Å². The van der Waals surface area contributed by atoms with Gasteiger partial charge in [-0.25, -0.2) is 14.5 Å². The average Bonchev–Trinajstić information content (AvgIpc) is 3.42. The number of thioether (sulfide) groups is 1. The number of allylic oxidation sites excluding steroid dienone is 1. The van der Waals surface area contributed by atoms with E-state index in [0.717, 1.165) is 5.56 Å². The smallest absolute Gasteiger partial charge is 0.338 e. The minimum Gasteiger partial charge on any atom is -0.463 e. The van der Waals surface area contributed by atoms with Crippen LogP contribution in [0.4, 0.5) is 11.6 Å². The lowest BCUT2D eigenvalue weighted by Gasteiger charge is -2.27. The van der Waals surface area contributed by atoms with E-state index in [9.17, 15) is 14.9 Å². The minimum atomic E-state index is -0.740. The van der Waals surface area contributed by atoms with Crippen LogP contribution in [0.15, 0.2) is 65.0 Å². The number of nitro groups is 1. The molecule has 1 N–H and O–H groups in total. The summed E-state index contributed by atoms with van der Waals surface area (Å²) in [4.78, 5) is 33.3. The van der Waals surface area contributed by atoms with Gasteiger partial charge in [-0.05, 0) is 25.5 Å². The van der Waals surface area contributed by atoms with Gasteiger partial charge in [0.1, 0.15) is 11.9 Å². The second-order valence-corrected chi connectivity index (χ2v) is 9.13. The van der Waals surface area contributed by atoms with Crippen molar-refractivity contribution in [2.45, 2.75) is 30.8 Å². The molecule has 184 valence electrons. The predicted molar refractivity (Wildman–Crippen MR) is 134 cm³/mol. The maximum absolute atomic E-state index is 13.1. The van der Waals surface area contributed by atoms with Crippen molar-refractivity contribution in [2.75, 3.05) is 11.9 Å². The van der Waals surface area contributed by atoms with Crippen molar-refractivity contribution >= 4 is 40.4 Å². The van der Waals surface area contributed by atoms with E-state index in [-0.39, 0.29) is 12.3 Å². The quantitative estimate of drug-likeness (QED) is 0.170. The van der Waals surface area contributed by atoms with E-state index in [4.69, 9.17) is 14.8 Å². The fourth-order valence-corrected chi connectivity index (χ4v) is 4.97. The molecule has 11 nitrogen and oxygen atoms in total. The first-order valence-electron chi connectivity index (χ1n) is 11.3. The highest BCUT2D eigenvalue weighted by Crippen LogP contribution is 2.38. The SMILES string of the molecule is CCOC(=O)C1=C(C)Nc2nc(SCc3ccccc3)nn2C1c1nc2ccc([N+](=O)[O-])cc2n1C. The Hall–Kier alpha value is -4.19. The monoisotopic (exact) mass is 505 g/mol. The molecule has 0 aliphatic carbocycles. The lowest BCUT2D eigenvalue weighted by atomic mass is 10.0. The zero-order chi connectivity index (χ0) is 25.4. The Balaban J connectivity index is 1.60. The van der Waals surface area contributed by atoms with Gasteiger partial charge in [0.05, 0.1) is 28.1 Å². The number of hydrogen-bond donors (Lipinski definition) is 1. The van der Waals surface area contributed by atoms with Gasteiger partial charge in [-0.3, -0.25) is 10.1 Å². The minimum absolute atomic E-state index is 0.0410. The van der Waals surface area contributed by atoms with Crippen molar-refractivity contribution in [2.24, 2.45) is 7.05 Å². The molecule has 2 aromatic heterocycles. The molecule has 0 saturated carbocycles. The van der Waals surface area contributed by atoms with Gasteiger partial charge in [-0.2, -0.15) is 4.98 Å². The highest BCUT2D eigenvalue weighted by molar-refractivity contribution is 7.98. The third-order valence-electron chi connectivity index (χ3n) is 5.89. The van der Waals surface area contributed by atoms with Crippen LogP contribution in [-0.2, 0) is 22.3 Å². The average molecular weight is 506 g/mol. The number of imidazole rings is 1. The Morgan fingerprint density at radius 3 is 2.72 bits per heavy atom. The maximum Gasteiger partial charge on any atom is 0.338 e. The topological polar surface area (TPSA) is 130 Å². The van der Waals surface area contributed by atoms with Crippen LogP contribution in [0.2, 0.25) is 0 Å². The van der Waals surface area contributed by atoms with E-state index >= 15 is 0 Å². The first kappa shape index (κ1) is 23.5. The van der Waals surface area contributed by atoms with E-state index < -0.39 is 16.9 Å². The molecule has 0 saturated heterocycles. The van der Waals surface area contributed by atoms with Crippen molar-refractivity contribution in [3.05, 3.63) is 81.3 Å². The number of fused-ring (bicyclic) bond motifs is 2. The molecule has 5 rings (SSSR count). The van der Waals surface area contributed by atoms with E-state index in [1.165, 1.54) is 23.9 Å². The van der Waals surface area contributed by atoms with Crippen molar-refractivity contribution in [1.82, 2.24) is 24.3 Å². The van der Waals surface area contributed by atoms with Crippen LogP contribution < -0.4 is 5.32 Å². The summed E-state index contributed by atoms with van der Waals surface area (Å²) in [5.74, 6) is 1.15. The molecule has 2 aromatic carbocycles. The zero-order valence-electron chi connectivity index (χ0n) is 19.8. The summed E-state index contributed by atoms with van der Waals surface area (Å²) in [6.07, 6.45) is 0. The van der Waals surface area contributed by atoms with Crippen LogP contribution in [0.1, 0.15) is 31.3 Å². The molecule has 1 aliphatic rings. The number of carbonyl (C=O) groups excluding carboxylic acids is 1. The van der Waals surface area contributed by atoms with Crippen LogP contribution in [0, 0.1) is 10.1 Å². The molecule has 1 unspecified atom stereocenters. The molecule has 4 aromatic rings. The normalized spacial score (nSPS) is 15.0. The van der Waals surface area contributed by atoms with Crippen LogP contribution in [0.5, 0.6) is 0 Å². The number of anilines is 1. The number of rotatable bonds is 7. The lowest BCUT2D eigenvalue weighted by Crippen LogP contribution is -2.31. The molecule has 0 fully saturated rings. The Morgan fingerprint density at radius 2 is 2.00 bits per heavy atom. The summed E-state index contributed by atoms with van der Waals surface area (Å²) < 4.78 is 8.74. The molecule has 36 heavy (non-hydrogen) atoms. The van der Waals surface area contributed by atoms with Gasteiger partial charge in [0.25, 0.3) is 5.69 Å². The summed E-state index contributed by atoms with van der Waals surface area (Å²) in [5.41, 5.74) is 3.16. The van der Waals surface area contributed by atoms with Crippen molar-refractivity contribution in [1.29, 1.82) is 0 Å².